The third-order valence-electron chi connectivity index (χ3n) is 1.37. The van der Waals surface area contributed by atoms with E-state index in [-0.39, 0.29) is 7.43 Å². The van der Waals surface area contributed by atoms with Crippen molar-refractivity contribution in [2.24, 2.45) is 0 Å². The summed E-state index contributed by atoms with van der Waals surface area (Å²) in [6.07, 6.45) is 1.34. The number of hydrogen-bond acceptors (Lipinski definition) is 0. The first-order chi connectivity index (χ1) is 5.41. The summed E-state index contributed by atoms with van der Waals surface area (Å²) in [4.78, 5) is 0. The van der Waals surface area contributed by atoms with E-state index >= 15 is 0 Å². The van der Waals surface area contributed by atoms with E-state index in [9.17, 15) is 0 Å². The predicted octanol–water partition coefficient (Wildman–Crippen LogP) is 1.08. The number of benzene rings is 1. The third kappa shape index (κ3) is 12.1. The van der Waals surface area contributed by atoms with Gasteiger partial charge in [0.2, 0.25) is 0 Å². The molecule has 0 unspecified atom stereocenters. The highest BCUT2D eigenvalue weighted by molar-refractivity contribution is 7.23. The second-order valence-electron chi connectivity index (χ2n) is 2.51. The third-order valence-corrected chi connectivity index (χ3v) is 1.37. The maximum absolute atomic E-state index is 2.21. The molecule has 0 amide bonds. The highest BCUT2D eigenvalue weighted by atomic mass is 13.6. The summed E-state index contributed by atoms with van der Waals surface area (Å²) >= 11 is 0. The standard InChI is InChI=1S/C6H6.C2H9B3.CH4/c1-2-4-6-5-3-1;1-2-4-5-3;/h1-6H;4-5H,2-3H2,1H3;1H4. The molecule has 1 aromatic rings. The zero-order valence-electron chi connectivity index (χ0n) is 7.59. The van der Waals surface area contributed by atoms with Crippen molar-refractivity contribution in [1.29, 1.82) is 0 Å². The first-order valence-corrected chi connectivity index (χ1v) is 4.41. The molecule has 0 saturated carbocycles. The van der Waals surface area contributed by atoms with Crippen LogP contribution in [0.5, 0.6) is 0 Å². The van der Waals surface area contributed by atoms with Crippen molar-refractivity contribution in [2.45, 2.75) is 20.7 Å². The monoisotopic (exact) mass is 160 g/mol. The molecule has 0 heterocycles. The molecule has 0 atom stereocenters. The van der Waals surface area contributed by atoms with E-state index in [0.29, 0.717) is 0 Å². The predicted molar refractivity (Wildman–Crippen MR) is 66.5 cm³/mol. The quantitative estimate of drug-likeness (QED) is 0.567. The Morgan fingerprint density at radius 3 is 1.42 bits per heavy atom. The molecule has 0 aliphatic carbocycles. The molecule has 0 aliphatic rings. The van der Waals surface area contributed by atoms with Gasteiger partial charge in [-0.15, -0.1) is 0 Å². The molecule has 64 valence electrons. The van der Waals surface area contributed by atoms with Gasteiger partial charge in [-0.2, -0.15) is 0 Å². The van der Waals surface area contributed by atoms with Crippen LogP contribution in [0, 0.1) is 0 Å². The molecule has 0 radical (unpaired) electrons. The van der Waals surface area contributed by atoms with Crippen LogP contribution in [0.25, 0.3) is 0 Å². The highest BCUT2D eigenvalue weighted by Gasteiger charge is 1.75. The van der Waals surface area contributed by atoms with E-state index < -0.39 is 0 Å². The average Bonchev–Trinajstić information content (AvgIpc) is 2.10. The van der Waals surface area contributed by atoms with Crippen molar-refractivity contribution in [2.75, 3.05) is 0 Å². The molecule has 0 spiro atoms. The molecule has 0 bridgehead atoms. The summed E-state index contributed by atoms with van der Waals surface area (Å²) in [5.41, 5.74) is 0. The Morgan fingerprint density at radius 1 is 1.00 bits per heavy atom. The van der Waals surface area contributed by atoms with Gasteiger partial charge >= 0.3 is 0 Å². The summed E-state index contributed by atoms with van der Waals surface area (Å²) in [5, 5.41) is 0. The number of rotatable bonds is 2. The van der Waals surface area contributed by atoms with Crippen LogP contribution in [0.3, 0.4) is 0 Å². The van der Waals surface area contributed by atoms with Gasteiger partial charge in [-0.3, -0.25) is 0 Å². The zero-order chi connectivity index (χ0) is 8.36. The van der Waals surface area contributed by atoms with E-state index in [4.69, 9.17) is 0 Å². The minimum atomic E-state index is 0. The molecule has 0 aromatic heterocycles. The molecule has 1 rings (SSSR count). The van der Waals surface area contributed by atoms with Crippen LogP contribution in [0.1, 0.15) is 14.4 Å². The van der Waals surface area contributed by atoms with Gasteiger partial charge in [-0.05, 0) is 0 Å². The normalized spacial score (nSPS) is 6.75. The first kappa shape index (κ1) is 14.0. The second kappa shape index (κ2) is 13.0. The smallest absolute Gasteiger partial charge is 0.0776 e. The van der Waals surface area contributed by atoms with Gasteiger partial charge in [0, 0.05) is 0 Å². The van der Waals surface area contributed by atoms with Crippen LogP contribution in [0.15, 0.2) is 36.4 Å². The Morgan fingerprint density at radius 2 is 1.33 bits per heavy atom. The summed E-state index contributed by atoms with van der Waals surface area (Å²) in [6, 6.07) is 12.0. The Labute approximate surface area is 79.6 Å². The van der Waals surface area contributed by atoms with Gasteiger partial charge in [-0.1, -0.05) is 57.1 Å². The summed E-state index contributed by atoms with van der Waals surface area (Å²) < 4.78 is 0. The maximum Gasteiger partial charge on any atom is 0.0776 e. The van der Waals surface area contributed by atoms with Crippen LogP contribution in [-0.4, -0.2) is 22.0 Å². The average molecular weight is 160 g/mol. The van der Waals surface area contributed by atoms with Gasteiger partial charge in [0.05, 0.1) is 22.0 Å². The van der Waals surface area contributed by atoms with Crippen LogP contribution in [0.2, 0.25) is 6.32 Å². The zero-order valence-corrected chi connectivity index (χ0v) is 7.59. The molecule has 3 heteroatoms. The molecule has 12 heavy (non-hydrogen) atoms. The summed E-state index contributed by atoms with van der Waals surface area (Å²) in [5.74, 6) is 0. The number of hydrogen-bond donors (Lipinski definition) is 0. The fraction of sp³-hybridized carbons (Fsp3) is 0.333. The lowest BCUT2D eigenvalue weighted by molar-refractivity contribution is 1.47. The minimum absolute atomic E-state index is 0. The van der Waals surface area contributed by atoms with Gasteiger partial charge in [0.25, 0.3) is 0 Å². The lowest BCUT2D eigenvalue weighted by atomic mass is 9.27. The molecule has 0 N–H and O–H groups in total. The van der Waals surface area contributed by atoms with Crippen LogP contribution < -0.4 is 0 Å². The molecule has 0 nitrogen and oxygen atoms in total. The van der Waals surface area contributed by atoms with E-state index in [2.05, 4.69) is 14.7 Å². The fourth-order valence-electron chi connectivity index (χ4n) is 0.738. The van der Waals surface area contributed by atoms with E-state index in [1.165, 1.54) is 20.6 Å². The van der Waals surface area contributed by atoms with Crippen molar-refractivity contribution >= 4 is 22.0 Å². The lowest BCUT2D eigenvalue weighted by Gasteiger charge is -1.72. The Balaban J connectivity index is 0. The molecule has 0 aliphatic heterocycles. The van der Waals surface area contributed by atoms with Crippen molar-refractivity contribution in [1.82, 2.24) is 0 Å². The van der Waals surface area contributed by atoms with Crippen molar-refractivity contribution < 1.29 is 0 Å². The topological polar surface area (TPSA) is 0 Å². The maximum atomic E-state index is 2.21. The first-order valence-electron chi connectivity index (χ1n) is 4.41. The minimum Gasteiger partial charge on any atom is -0.0881 e. The van der Waals surface area contributed by atoms with Crippen molar-refractivity contribution in [3.05, 3.63) is 36.4 Å². The molecule has 1 aromatic carbocycles. The van der Waals surface area contributed by atoms with E-state index in [0.717, 1.165) is 0 Å². The second-order valence-corrected chi connectivity index (χ2v) is 2.51. The van der Waals surface area contributed by atoms with Crippen molar-refractivity contribution in [3.63, 3.8) is 0 Å². The fourth-order valence-corrected chi connectivity index (χ4v) is 0.738. The van der Waals surface area contributed by atoms with Crippen molar-refractivity contribution in [3.8, 4) is 0 Å². The van der Waals surface area contributed by atoms with Gasteiger partial charge < -0.3 is 0 Å². The Bertz CT molecular complexity index is 113. The lowest BCUT2D eigenvalue weighted by Crippen LogP contribution is -1.98. The largest absolute Gasteiger partial charge is 0.0881 e. The molecule has 0 saturated heterocycles. The summed E-state index contributed by atoms with van der Waals surface area (Å²) in [7, 11) is 4.94. The highest BCUT2D eigenvalue weighted by Crippen LogP contribution is 1.79. The SMILES string of the molecule is BBBCC.C.c1ccccc1. The molecule has 0 fully saturated rings. The Hall–Kier alpha value is -0.585. The Kier molecular flexibility index (Phi) is 15.2. The summed E-state index contributed by atoms with van der Waals surface area (Å²) in [6.45, 7) is 2.21. The molecular weight excluding hydrogens is 141 g/mol. The molecular formula is C9H19B3. The van der Waals surface area contributed by atoms with E-state index in [1.54, 1.807) is 0 Å². The van der Waals surface area contributed by atoms with Crippen LogP contribution in [0.4, 0.5) is 0 Å². The van der Waals surface area contributed by atoms with E-state index in [1.807, 2.05) is 36.4 Å². The van der Waals surface area contributed by atoms with Gasteiger partial charge in [-0.25, -0.2) is 0 Å². The van der Waals surface area contributed by atoms with Gasteiger partial charge in [0.1, 0.15) is 0 Å². The van der Waals surface area contributed by atoms with Gasteiger partial charge in [0.15, 0.2) is 0 Å². The van der Waals surface area contributed by atoms with Crippen LogP contribution >= 0.6 is 0 Å². The van der Waals surface area contributed by atoms with Crippen LogP contribution in [-0.2, 0) is 0 Å².